The molecule has 0 N–H and O–H groups in total. The molecule has 1 rings (SSSR count). The van der Waals surface area contributed by atoms with Gasteiger partial charge < -0.3 is 0 Å². The van der Waals surface area contributed by atoms with Crippen LogP contribution in [-0.2, 0) is 6.04 Å². The quantitative estimate of drug-likeness (QED) is 0.545. The minimum absolute atomic E-state index is 0.799. The molecule has 0 unspecified atom stereocenters. The van der Waals surface area contributed by atoms with E-state index >= 15 is 0 Å². The summed E-state index contributed by atoms with van der Waals surface area (Å²) < 4.78 is 0. The lowest BCUT2D eigenvalue weighted by molar-refractivity contribution is 1.36. The standard InChI is InChI=1S/C10H12Cl2Si/c1-3-9-4-6-10(7-5-9)8-13(2,11)12/h3-7H,1,8H2,2H3. The van der Waals surface area contributed by atoms with Crippen molar-refractivity contribution in [2.45, 2.75) is 12.6 Å². The highest BCUT2D eigenvalue weighted by atomic mass is 35.7. The van der Waals surface area contributed by atoms with E-state index in [1.807, 2.05) is 36.9 Å². The van der Waals surface area contributed by atoms with E-state index in [-0.39, 0.29) is 0 Å². The summed E-state index contributed by atoms with van der Waals surface area (Å²) in [4.78, 5) is 0. The number of benzene rings is 1. The molecule has 0 aliphatic rings. The molecule has 0 spiro atoms. The third kappa shape index (κ3) is 3.99. The van der Waals surface area contributed by atoms with E-state index in [1.54, 1.807) is 0 Å². The van der Waals surface area contributed by atoms with Gasteiger partial charge in [0.15, 0.2) is 0 Å². The summed E-state index contributed by atoms with van der Waals surface area (Å²) in [5.74, 6) is 0. The van der Waals surface area contributed by atoms with E-state index < -0.39 is 6.69 Å². The van der Waals surface area contributed by atoms with Crippen molar-refractivity contribution in [2.24, 2.45) is 0 Å². The molecule has 0 nitrogen and oxygen atoms in total. The largest absolute Gasteiger partial charge is 0.252 e. The predicted octanol–water partition coefficient (Wildman–Crippen LogP) is 3.96. The van der Waals surface area contributed by atoms with Crippen molar-refractivity contribution in [1.82, 2.24) is 0 Å². The molecule has 0 atom stereocenters. The SMILES string of the molecule is C=Cc1ccc(C[Si](C)(Cl)Cl)cc1. The Balaban J connectivity index is 2.75. The third-order valence-corrected chi connectivity index (χ3v) is 3.56. The van der Waals surface area contributed by atoms with Crippen LogP contribution >= 0.6 is 22.2 Å². The Morgan fingerprint density at radius 2 is 1.85 bits per heavy atom. The number of hydrogen-bond acceptors (Lipinski definition) is 0. The molecule has 0 aliphatic carbocycles. The third-order valence-electron chi connectivity index (χ3n) is 1.73. The molecule has 0 bridgehead atoms. The van der Waals surface area contributed by atoms with Crippen LogP contribution in [0.4, 0.5) is 0 Å². The Hall–Kier alpha value is -0.243. The molecule has 3 heteroatoms. The molecule has 13 heavy (non-hydrogen) atoms. The van der Waals surface area contributed by atoms with Gasteiger partial charge in [-0.05, 0) is 23.7 Å². The van der Waals surface area contributed by atoms with Gasteiger partial charge in [-0.25, -0.2) is 0 Å². The second-order valence-electron chi connectivity index (χ2n) is 3.19. The molecule has 0 aliphatic heterocycles. The average Bonchev–Trinajstić information content (AvgIpc) is 2.03. The highest BCUT2D eigenvalue weighted by Gasteiger charge is 2.20. The maximum atomic E-state index is 6.03. The van der Waals surface area contributed by atoms with Crippen molar-refractivity contribution in [3.8, 4) is 0 Å². The summed E-state index contributed by atoms with van der Waals surface area (Å²) in [7, 11) is 0. The molecule has 70 valence electrons. The summed E-state index contributed by atoms with van der Waals surface area (Å²) >= 11 is 12.1. The molecule has 0 saturated heterocycles. The van der Waals surface area contributed by atoms with Crippen LogP contribution in [-0.4, -0.2) is 6.69 Å². The van der Waals surface area contributed by atoms with Gasteiger partial charge in [0.2, 0.25) is 0 Å². The topological polar surface area (TPSA) is 0 Å². The van der Waals surface area contributed by atoms with Crippen molar-refractivity contribution in [3.63, 3.8) is 0 Å². The van der Waals surface area contributed by atoms with E-state index in [4.69, 9.17) is 22.2 Å². The van der Waals surface area contributed by atoms with Crippen LogP contribution in [0.3, 0.4) is 0 Å². The first kappa shape index (κ1) is 10.8. The number of hydrogen-bond donors (Lipinski definition) is 0. The van der Waals surface area contributed by atoms with Crippen molar-refractivity contribution >= 4 is 34.9 Å². The van der Waals surface area contributed by atoms with Gasteiger partial charge in [-0.15, -0.1) is 22.2 Å². The van der Waals surface area contributed by atoms with E-state index in [9.17, 15) is 0 Å². The summed E-state index contributed by atoms with van der Waals surface area (Å²) in [6, 6.07) is 8.94. The fraction of sp³-hybridized carbons (Fsp3) is 0.200. The maximum absolute atomic E-state index is 6.03. The van der Waals surface area contributed by atoms with Crippen LogP contribution < -0.4 is 0 Å². The molecular formula is C10H12Cl2Si. The van der Waals surface area contributed by atoms with Crippen LogP contribution in [0.2, 0.25) is 6.55 Å². The van der Waals surface area contributed by atoms with Crippen LogP contribution in [0.15, 0.2) is 30.8 Å². The summed E-state index contributed by atoms with van der Waals surface area (Å²) in [6.07, 6.45) is 1.82. The highest BCUT2D eigenvalue weighted by Crippen LogP contribution is 2.20. The van der Waals surface area contributed by atoms with Gasteiger partial charge in [-0.2, -0.15) is 0 Å². The average molecular weight is 231 g/mol. The zero-order valence-corrected chi connectivity index (χ0v) is 10.1. The van der Waals surface area contributed by atoms with Crippen molar-refractivity contribution in [3.05, 3.63) is 42.0 Å². The van der Waals surface area contributed by atoms with Gasteiger partial charge in [0.05, 0.1) is 0 Å². The van der Waals surface area contributed by atoms with Crippen LogP contribution in [0, 0.1) is 0 Å². The predicted molar refractivity (Wildman–Crippen MR) is 63.6 cm³/mol. The van der Waals surface area contributed by atoms with Crippen LogP contribution in [0.1, 0.15) is 11.1 Å². The van der Waals surface area contributed by atoms with Gasteiger partial charge in [-0.1, -0.05) is 36.9 Å². The molecule has 0 heterocycles. The van der Waals surface area contributed by atoms with E-state index in [0.717, 1.165) is 11.6 Å². The van der Waals surface area contributed by atoms with Crippen LogP contribution in [0.5, 0.6) is 0 Å². The first-order valence-electron chi connectivity index (χ1n) is 4.10. The summed E-state index contributed by atoms with van der Waals surface area (Å²) in [6.45, 7) is 3.61. The number of halogens is 2. The van der Waals surface area contributed by atoms with Gasteiger partial charge >= 0.3 is 0 Å². The van der Waals surface area contributed by atoms with E-state index in [2.05, 4.69) is 6.58 Å². The van der Waals surface area contributed by atoms with Gasteiger partial charge in [0.1, 0.15) is 0 Å². The second-order valence-corrected chi connectivity index (χ2v) is 11.3. The van der Waals surface area contributed by atoms with Gasteiger partial charge in [0, 0.05) is 0 Å². The zero-order chi connectivity index (χ0) is 9.90. The lowest BCUT2D eigenvalue weighted by atomic mass is 10.1. The fourth-order valence-corrected chi connectivity index (χ4v) is 3.01. The summed E-state index contributed by atoms with van der Waals surface area (Å²) in [5, 5.41) is 0. The first-order valence-corrected chi connectivity index (χ1v) is 8.83. The normalized spacial score (nSPS) is 11.3. The van der Waals surface area contributed by atoms with E-state index in [0.29, 0.717) is 0 Å². The molecule has 0 aromatic heterocycles. The minimum Gasteiger partial charge on any atom is -0.146 e. The molecular weight excluding hydrogens is 219 g/mol. The van der Waals surface area contributed by atoms with Crippen molar-refractivity contribution < 1.29 is 0 Å². The van der Waals surface area contributed by atoms with Crippen molar-refractivity contribution in [2.75, 3.05) is 0 Å². The Kier molecular flexibility index (Phi) is 3.60. The zero-order valence-electron chi connectivity index (χ0n) is 7.56. The molecule has 0 radical (unpaired) electrons. The monoisotopic (exact) mass is 230 g/mol. The Labute approximate surface area is 89.6 Å². The number of rotatable bonds is 3. The Morgan fingerprint density at radius 3 is 2.23 bits per heavy atom. The minimum atomic E-state index is -2.01. The molecule has 0 amide bonds. The Morgan fingerprint density at radius 1 is 1.31 bits per heavy atom. The second kappa shape index (κ2) is 4.31. The lowest BCUT2D eigenvalue weighted by Crippen LogP contribution is -2.17. The first-order chi connectivity index (χ1) is 6.01. The van der Waals surface area contributed by atoms with Crippen LogP contribution in [0.25, 0.3) is 6.08 Å². The fourth-order valence-electron chi connectivity index (χ4n) is 1.13. The maximum Gasteiger partial charge on any atom is 0.252 e. The van der Waals surface area contributed by atoms with Gasteiger partial charge in [0.25, 0.3) is 6.69 Å². The lowest BCUT2D eigenvalue weighted by Gasteiger charge is -2.09. The highest BCUT2D eigenvalue weighted by molar-refractivity contribution is 7.44. The van der Waals surface area contributed by atoms with E-state index in [1.165, 1.54) is 5.56 Å². The molecule has 1 aromatic rings. The smallest absolute Gasteiger partial charge is 0.146 e. The molecule has 0 saturated carbocycles. The summed E-state index contributed by atoms with van der Waals surface area (Å²) in [5.41, 5.74) is 2.32. The van der Waals surface area contributed by atoms with Gasteiger partial charge in [-0.3, -0.25) is 0 Å². The van der Waals surface area contributed by atoms with Crippen molar-refractivity contribution in [1.29, 1.82) is 0 Å². The molecule has 0 fully saturated rings. The molecule has 1 aromatic carbocycles. The Bertz CT molecular complexity index is 285.